The fourth-order valence-corrected chi connectivity index (χ4v) is 2.06. The Bertz CT molecular complexity index is 457. The Balaban J connectivity index is 1.98. The molecule has 2 N–H and O–H groups in total. The van der Waals surface area contributed by atoms with E-state index in [4.69, 9.17) is 9.15 Å². The van der Waals surface area contributed by atoms with Crippen molar-refractivity contribution in [2.75, 3.05) is 13.2 Å². The summed E-state index contributed by atoms with van der Waals surface area (Å²) >= 11 is 0. The van der Waals surface area contributed by atoms with E-state index in [0.29, 0.717) is 24.6 Å². The Morgan fingerprint density at radius 2 is 2.33 bits per heavy atom. The van der Waals surface area contributed by atoms with Gasteiger partial charge in [-0.15, -0.1) is 0 Å². The van der Waals surface area contributed by atoms with Gasteiger partial charge in [0, 0.05) is 26.5 Å². The number of hydrogen-bond donors (Lipinski definition) is 2. The van der Waals surface area contributed by atoms with E-state index in [1.807, 2.05) is 0 Å². The van der Waals surface area contributed by atoms with Gasteiger partial charge in [0.15, 0.2) is 5.89 Å². The molecule has 0 aromatic carbocycles. The molecule has 1 amide bonds. The first-order chi connectivity index (χ1) is 8.42. The lowest BCUT2D eigenvalue weighted by Gasteiger charge is -2.25. The highest BCUT2D eigenvalue weighted by Gasteiger charge is 2.39. The molecule has 0 radical (unpaired) electrons. The highest BCUT2D eigenvalue weighted by molar-refractivity contribution is 5.92. The largest absolute Gasteiger partial charge is 0.436 e. The normalized spacial score (nSPS) is 27.4. The third kappa shape index (κ3) is 2.39. The lowest BCUT2D eigenvalue weighted by Crippen LogP contribution is -2.47. The number of ether oxygens (including phenoxy) is 1. The molecule has 1 aromatic heterocycles. The number of aryl methyl sites for hydroxylation is 2. The smallest absolute Gasteiger partial charge is 0.289 e. The zero-order valence-electron chi connectivity index (χ0n) is 10.8. The van der Waals surface area contributed by atoms with Gasteiger partial charge in [0.05, 0.1) is 11.8 Å². The Morgan fingerprint density at radius 1 is 1.61 bits per heavy atom. The average Bonchev–Trinajstić information content (AvgIpc) is 2.80. The minimum absolute atomic E-state index is 0.145. The van der Waals surface area contributed by atoms with Crippen molar-refractivity contribution in [3.8, 4) is 0 Å². The summed E-state index contributed by atoms with van der Waals surface area (Å²) in [5.41, 5.74) is -0.453. The van der Waals surface area contributed by atoms with Crippen molar-refractivity contribution in [3.05, 3.63) is 17.3 Å². The highest BCUT2D eigenvalue weighted by atomic mass is 16.5. The van der Waals surface area contributed by atoms with Crippen LogP contribution in [0.15, 0.2) is 4.42 Å². The first kappa shape index (κ1) is 13.0. The molecule has 1 saturated heterocycles. The van der Waals surface area contributed by atoms with Crippen LogP contribution in [0, 0.1) is 13.8 Å². The van der Waals surface area contributed by atoms with Crippen LogP contribution in [0.5, 0.6) is 0 Å². The van der Waals surface area contributed by atoms with Crippen molar-refractivity contribution in [1.82, 2.24) is 10.3 Å². The second-order valence-electron chi connectivity index (χ2n) is 4.70. The molecule has 1 fully saturated rings. The zero-order valence-corrected chi connectivity index (χ0v) is 10.8. The number of carbonyl (C=O) groups is 1. The van der Waals surface area contributed by atoms with Gasteiger partial charge in [0.2, 0.25) is 5.76 Å². The number of nitrogens with one attached hydrogen (secondary N) is 1. The molecule has 0 aliphatic carbocycles. The Labute approximate surface area is 105 Å². The number of hydrogen-bond acceptors (Lipinski definition) is 5. The second-order valence-corrected chi connectivity index (χ2v) is 4.70. The average molecular weight is 254 g/mol. The van der Waals surface area contributed by atoms with E-state index in [1.54, 1.807) is 20.8 Å². The predicted molar refractivity (Wildman–Crippen MR) is 63.3 cm³/mol. The zero-order chi connectivity index (χ0) is 13.3. The molecule has 1 aliphatic heterocycles. The minimum atomic E-state index is -1.00. The fourth-order valence-electron chi connectivity index (χ4n) is 2.06. The first-order valence-corrected chi connectivity index (χ1v) is 5.98. The summed E-state index contributed by atoms with van der Waals surface area (Å²) in [7, 11) is 0. The molecule has 0 spiro atoms. The fraction of sp³-hybridized carbons (Fsp3) is 0.667. The van der Waals surface area contributed by atoms with Crippen molar-refractivity contribution in [2.24, 2.45) is 0 Å². The Kier molecular flexibility index (Phi) is 3.41. The van der Waals surface area contributed by atoms with Crippen LogP contribution in [0.25, 0.3) is 0 Å². The molecule has 2 atom stereocenters. The lowest BCUT2D eigenvalue weighted by atomic mass is 9.97. The molecule has 6 heteroatoms. The highest BCUT2D eigenvalue weighted by Crippen LogP contribution is 2.24. The number of rotatable bonds is 3. The van der Waals surface area contributed by atoms with E-state index in [1.165, 1.54) is 0 Å². The Morgan fingerprint density at radius 3 is 2.83 bits per heavy atom. The van der Waals surface area contributed by atoms with Crippen molar-refractivity contribution in [3.63, 3.8) is 0 Å². The monoisotopic (exact) mass is 254 g/mol. The van der Waals surface area contributed by atoms with Gasteiger partial charge in [-0.05, 0) is 13.8 Å². The molecule has 1 aromatic rings. The van der Waals surface area contributed by atoms with Gasteiger partial charge in [-0.3, -0.25) is 4.79 Å². The molecular formula is C12H18N2O4. The molecule has 0 saturated carbocycles. The topological polar surface area (TPSA) is 84.6 Å². The maximum absolute atomic E-state index is 11.9. The van der Waals surface area contributed by atoms with E-state index >= 15 is 0 Å². The summed E-state index contributed by atoms with van der Waals surface area (Å²) in [6, 6.07) is 0. The first-order valence-electron chi connectivity index (χ1n) is 5.98. The quantitative estimate of drug-likeness (QED) is 0.823. The lowest BCUT2D eigenvalue weighted by molar-refractivity contribution is -0.0253. The van der Waals surface area contributed by atoms with Gasteiger partial charge in [-0.2, -0.15) is 0 Å². The van der Waals surface area contributed by atoms with Crippen LogP contribution >= 0.6 is 0 Å². The minimum Gasteiger partial charge on any atom is -0.436 e. The summed E-state index contributed by atoms with van der Waals surface area (Å²) < 4.78 is 10.5. The van der Waals surface area contributed by atoms with Crippen LogP contribution in [0.3, 0.4) is 0 Å². The van der Waals surface area contributed by atoms with Crippen molar-refractivity contribution in [1.29, 1.82) is 0 Å². The molecule has 6 nitrogen and oxygen atoms in total. The number of aromatic nitrogens is 1. The molecule has 2 rings (SSSR count). The molecule has 0 bridgehead atoms. The van der Waals surface area contributed by atoms with Crippen LogP contribution in [-0.2, 0) is 4.74 Å². The number of aliphatic hydroxyl groups is 1. The molecule has 100 valence electrons. The number of carbonyl (C=O) groups excluding carboxylic acids is 1. The van der Waals surface area contributed by atoms with Crippen LogP contribution in [-0.4, -0.2) is 40.9 Å². The third-order valence-corrected chi connectivity index (χ3v) is 3.32. The maximum atomic E-state index is 11.9. The summed E-state index contributed by atoms with van der Waals surface area (Å²) in [6.07, 6.45) is 0.235. The van der Waals surface area contributed by atoms with E-state index in [0.717, 1.165) is 0 Å². The summed E-state index contributed by atoms with van der Waals surface area (Å²) in [6.45, 7) is 5.84. The summed E-state index contributed by atoms with van der Waals surface area (Å²) in [5, 5.41) is 12.9. The van der Waals surface area contributed by atoms with Crippen molar-refractivity contribution in [2.45, 2.75) is 38.9 Å². The van der Waals surface area contributed by atoms with E-state index in [-0.39, 0.29) is 24.3 Å². The van der Waals surface area contributed by atoms with E-state index in [9.17, 15) is 9.90 Å². The summed E-state index contributed by atoms with van der Waals surface area (Å²) in [5.74, 6) is 0.289. The van der Waals surface area contributed by atoms with Gasteiger partial charge < -0.3 is 19.6 Å². The molecule has 18 heavy (non-hydrogen) atoms. The van der Waals surface area contributed by atoms with Gasteiger partial charge in [0.25, 0.3) is 5.91 Å². The second kappa shape index (κ2) is 4.70. The number of oxazole rings is 1. The van der Waals surface area contributed by atoms with Gasteiger partial charge in [-0.1, -0.05) is 0 Å². The van der Waals surface area contributed by atoms with E-state index < -0.39 is 5.60 Å². The van der Waals surface area contributed by atoms with Crippen molar-refractivity contribution >= 4 is 5.91 Å². The van der Waals surface area contributed by atoms with Gasteiger partial charge in [-0.25, -0.2) is 4.98 Å². The third-order valence-electron chi connectivity index (χ3n) is 3.32. The number of amides is 1. The Hall–Kier alpha value is -1.40. The SMILES string of the molecule is Cc1nc(C)c(C(=O)NCC2(O)CCOC2C)o1. The van der Waals surface area contributed by atoms with Gasteiger partial charge >= 0.3 is 0 Å². The maximum Gasteiger partial charge on any atom is 0.289 e. The van der Waals surface area contributed by atoms with E-state index in [2.05, 4.69) is 10.3 Å². The van der Waals surface area contributed by atoms with Crippen LogP contribution in [0.4, 0.5) is 0 Å². The van der Waals surface area contributed by atoms with Crippen LogP contribution in [0.2, 0.25) is 0 Å². The molecule has 2 unspecified atom stereocenters. The van der Waals surface area contributed by atoms with Crippen molar-refractivity contribution < 1.29 is 19.1 Å². The molecular weight excluding hydrogens is 236 g/mol. The molecule has 2 heterocycles. The van der Waals surface area contributed by atoms with Crippen LogP contribution in [0.1, 0.15) is 35.5 Å². The van der Waals surface area contributed by atoms with Gasteiger partial charge in [0.1, 0.15) is 5.60 Å². The van der Waals surface area contributed by atoms with Crippen LogP contribution < -0.4 is 5.32 Å². The predicted octanol–water partition coefficient (Wildman–Crippen LogP) is 0.561. The number of nitrogens with zero attached hydrogens (tertiary/aromatic N) is 1. The molecule has 1 aliphatic rings. The standard InChI is InChI=1S/C12H18N2O4/c1-7-10(18-9(3)14-7)11(15)13-6-12(16)4-5-17-8(12)2/h8,16H,4-6H2,1-3H3,(H,13,15). The summed E-state index contributed by atoms with van der Waals surface area (Å²) in [4.78, 5) is 15.9.